The van der Waals surface area contributed by atoms with Gasteiger partial charge in [0.05, 0.1) is 5.02 Å². The van der Waals surface area contributed by atoms with Gasteiger partial charge in [0.15, 0.2) is 18.1 Å². The molecule has 0 radical (unpaired) electrons. The van der Waals surface area contributed by atoms with Crippen LogP contribution < -0.4 is 14.2 Å². The standard InChI is InChI=1S/C23H19ClO5/c24-19-11-17(12-21-23(19)29-15-28-21)13-27-22(25)14-26-20-9-5-4-8-18(20)10-16-6-2-1-3-7-16/h1-9,11-12H,10,13-15H2. The predicted octanol–water partition coefficient (Wildman–Crippen LogP) is 4.78. The molecule has 0 amide bonds. The van der Waals surface area contributed by atoms with Crippen molar-refractivity contribution >= 4 is 17.6 Å². The number of hydrogen-bond donors (Lipinski definition) is 0. The molecule has 3 aromatic rings. The summed E-state index contributed by atoms with van der Waals surface area (Å²) in [7, 11) is 0. The third-order valence-corrected chi connectivity index (χ3v) is 4.72. The second-order valence-electron chi connectivity index (χ2n) is 6.53. The Labute approximate surface area is 173 Å². The fourth-order valence-electron chi connectivity index (χ4n) is 3.05. The molecule has 1 aliphatic heterocycles. The monoisotopic (exact) mass is 410 g/mol. The quantitative estimate of drug-likeness (QED) is 0.524. The van der Waals surface area contributed by atoms with Crippen LogP contribution in [0, 0.1) is 0 Å². The van der Waals surface area contributed by atoms with Gasteiger partial charge < -0.3 is 18.9 Å². The van der Waals surface area contributed by atoms with E-state index in [1.54, 1.807) is 12.1 Å². The molecule has 0 aromatic heterocycles. The molecule has 0 atom stereocenters. The molecular weight excluding hydrogens is 392 g/mol. The van der Waals surface area contributed by atoms with Crippen molar-refractivity contribution in [1.82, 2.24) is 0 Å². The van der Waals surface area contributed by atoms with Crippen LogP contribution in [0.2, 0.25) is 5.02 Å². The Kier molecular flexibility index (Phi) is 5.86. The minimum atomic E-state index is -0.465. The summed E-state index contributed by atoms with van der Waals surface area (Å²) in [5.74, 6) is 1.27. The molecule has 0 saturated carbocycles. The van der Waals surface area contributed by atoms with E-state index >= 15 is 0 Å². The lowest BCUT2D eigenvalue weighted by atomic mass is 10.0. The first kappa shape index (κ1) is 19.2. The Morgan fingerprint density at radius 2 is 1.76 bits per heavy atom. The normalized spacial score (nSPS) is 11.9. The van der Waals surface area contributed by atoms with Crippen LogP contribution in [0.15, 0.2) is 66.7 Å². The van der Waals surface area contributed by atoms with E-state index in [0.717, 1.165) is 17.5 Å². The maximum Gasteiger partial charge on any atom is 0.344 e. The van der Waals surface area contributed by atoms with Gasteiger partial charge in [0, 0.05) is 6.42 Å². The van der Waals surface area contributed by atoms with Crippen molar-refractivity contribution in [3.05, 3.63) is 88.4 Å². The molecule has 1 heterocycles. The molecule has 0 N–H and O–H groups in total. The first-order valence-corrected chi connectivity index (χ1v) is 9.55. The summed E-state index contributed by atoms with van der Waals surface area (Å²) in [4.78, 5) is 12.1. The van der Waals surface area contributed by atoms with Gasteiger partial charge in [0.2, 0.25) is 6.79 Å². The van der Waals surface area contributed by atoms with Crippen molar-refractivity contribution in [2.75, 3.05) is 13.4 Å². The number of fused-ring (bicyclic) bond motifs is 1. The Hall–Kier alpha value is -3.18. The number of benzene rings is 3. The molecule has 5 nitrogen and oxygen atoms in total. The maximum atomic E-state index is 12.1. The van der Waals surface area contributed by atoms with E-state index in [1.165, 1.54) is 5.56 Å². The zero-order valence-corrected chi connectivity index (χ0v) is 16.4. The average Bonchev–Trinajstić information content (AvgIpc) is 3.22. The smallest absolute Gasteiger partial charge is 0.344 e. The van der Waals surface area contributed by atoms with Gasteiger partial charge in [-0.05, 0) is 34.9 Å². The maximum absolute atomic E-state index is 12.1. The third kappa shape index (κ3) is 4.81. The van der Waals surface area contributed by atoms with E-state index < -0.39 is 5.97 Å². The van der Waals surface area contributed by atoms with Crippen LogP contribution in [-0.2, 0) is 22.6 Å². The minimum Gasteiger partial charge on any atom is -0.482 e. The predicted molar refractivity (Wildman–Crippen MR) is 109 cm³/mol. The molecule has 3 aromatic carbocycles. The summed E-state index contributed by atoms with van der Waals surface area (Å²) in [6.07, 6.45) is 0.724. The lowest BCUT2D eigenvalue weighted by Gasteiger charge is -2.12. The topological polar surface area (TPSA) is 54.0 Å². The highest BCUT2D eigenvalue weighted by Gasteiger charge is 2.19. The molecule has 1 aliphatic rings. The lowest BCUT2D eigenvalue weighted by molar-refractivity contribution is -0.147. The Morgan fingerprint density at radius 1 is 0.966 bits per heavy atom. The van der Waals surface area contributed by atoms with E-state index in [2.05, 4.69) is 12.1 Å². The van der Waals surface area contributed by atoms with Crippen molar-refractivity contribution in [3.63, 3.8) is 0 Å². The summed E-state index contributed by atoms with van der Waals surface area (Å²) >= 11 is 6.15. The number of carbonyl (C=O) groups is 1. The van der Waals surface area contributed by atoms with Gasteiger partial charge in [0.1, 0.15) is 12.4 Å². The molecular formula is C23H19ClO5. The second-order valence-corrected chi connectivity index (χ2v) is 6.94. The Balaban J connectivity index is 1.33. The number of ether oxygens (including phenoxy) is 4. The fourth-order valence-corrected chi connectivity index (χ4v) is 3.34. The van der Waals surface area contributed by atoms with Crippen LogP contribution in [0.25, 0.3) is 0 Å². The van der Waals surface area contributed by atoms with Crippen LogP contribution in [0.5, 0.6) is 17.2 Å². The van der Waals surface area contributed by atoms with E-state index in [-0.39, 0.29) is 20.0 Å². The number of rotatable bonds is 7. The lowest BCUT2D eigenvalue weighted by Crippen LogP contribution is -2.15. The highest BCUT2D eigenvalue weighted by molar-refractivity contribution is 6.32. The average molecular weight is 411 g/mol. The number of para-hydroxylation sites is 1. The van der Waals surface area contributed by atoms with Crippen molar-refractivity contribution < 1.29 is 23.7 Å². The summed E-state index contributed by atoms with van der Waals surface area (Å²) in [6.45, 7) is 0.0306. The molecule has 4 rings (SSSR count). The van der Waals surface area contributed by atoms with Gasteiger partial charge in [-0.15, -0.1) is 0 Å². The molecule has 6 heteroatoms. The molecule has 0 spiro atoms. The molecule has 0 bridgehead atoms. The zero-order chi connectivity index (χ0) is 20.1. The first-order chi connectivity index (χ1) is 14.2. The fraction of sp³-hybridized carbons (Fsp3) is 0.174. The van der Waals surface area contributed by atoms with Crippen LogP contribution in [0.1, 0.15) is 16.7 Å². The molecule has 0 saturated heterocycles. The van der Waals surface area contributed by atoms with E-state index in [0.29, 0.717) is 22.3 Å². The third-order valence-electron chi connectivity index (χ3n) is 4.44. The van der Waals surface area contributed by atoms with Gasteiger partial charge in [-0.25, -0.2) is 4.79 Å². The second kappa shape index (κ2) is 8.88. The largest absolute Gasteiger partial charge is 0.482 e. The van der Waals surface area contributed by atoms with Crippen molar-refractivity contribution in [1.29, 1.82) is 0 Å². The van der Waals surface area contributed by atoms with Crippen LogP contribution >= 0.6 is 11.6 Å². The number of halogens is 1. The van der Waals surface area contributed by atoms with Crippen LogP contribution in [0.3, 0.4) is 0 Å². The molecule has 0 fully saturated rings. The molecule has 0 unspecified atom stereocenters. The van der Waals surface area contributed by atoms with E-state index in [9.17, 15) is 4.79 Å². The van der Waals surface area contributed by atoms with Crippen molar-refractivity contribution in [3.8, 4) is 17.2 Å². The molecule has 148 valence electrons. The number of esters is 1. The highest BCUT2D eigenvalue weighted by Crippen LogP contribution is 2.39. The minimum absolute atomic E-state index is 0.0736. The van der Waals surface area contributed by atoms with Gasteiger partial charge in [-0.3, -0.25) is 0 Å². The van der Waals surface area contributed by atoms with E-state index in [4.69, 9.17) is 30.5 Å². The molecule has 29 heavy (non-hydrogen) atoms. The van der Waals surface area contributed by atoms with Crippen LogP contribution in [-0.4, -0.2) is 19.4 Å². The van der Waals surface area contributed by atoms with Crippen LogP contribution in [0.4, 0.5) is 0 Å². The number of carbonyl (C=O) groups excluding carboxylic acids is 1. The summed E-state index contributed by atoms with van der Waals surface area (Å²) in [5, 5.41) is 0.428. The van der Waals surface area contributed by atoms with Gasteiger partial charge in [-0.1, -0.05) is 60.1 Å². The van der Waals surface area contributed by atoms with Crippen molar-refractivity contribution in [2.24, 2.45) is 0 Å². The Bertz CT molecular complexity index is 1000. The van der Waals surface area contributed by atoms with E-state index in [1.807, 2.05) is 42.5 Å². The van der Waals surface area contributed by atoms with Gasteiger partial charge in [0.25, 0.3) is 0 Å². The van der Waals surface area contributed by atoms with Gasteiger partial charge >= 0.3 is 5.97 Å². The zero-order valence-electron chi connectivity index (χ0n) is 15.6. The van der Waals surface area contributed by atoms with Gasteiger partial charge in [-0.2, -0.15) is 0 Å². The summed E-state index contributed by atoms with van der Waals surface area (Å²) < 4.78 is 21.6. The van der Waals surface area contributed by atoms with Crippen molar-refractivity contribution in [2.45, 2.75) is 13.0 Å². The summed E-state index contributed by atoms with van der Waals surface area (Å²) in [6, 6.07) is 21.2. The summed E-state index contributed by atoms with van der Waals surface area (Å²) in [5.41, 5.74) is 2.90. The molecule has 0 aliphatic carbocycles. The highest BCUT2D eigenvalue weighted by atomic mass is 35.5. The number of hydrogen-bond acceptors (Lipinski definition) is 5. The Morgan fingerprint density at radius 3 is 2.62 bits per heavy atom. The SMILES string of the molecule is O=C(COc1ccccc1Cc1ccccc1)OCc1cc(Cl)c2c(c1)OCO2. The first-order valence-electron chi connectivity index (χ1n) is 9.17.